The summed E-state index contributed by atoms with van der Waals surface area (Å²) in [4.78, 5) is 11.9. The molecule has 0 radical (unpaired) electrons. The van der Waals surface area contributed by atoms with Crippen molar-refractivity contribution < 1.29 is 9.90 Å². The monoisotopic (exact) mass is 274 g/mol. The fraction of sp³-hybridized carbons (Fsp3) is 0.611. The molecule has 2 heteroatoms. The second-order valence-corrected chi connectivity index (χ2v) is 6.56. The van der Waals surface area contributed by atoms with Crippen LogP contribution in [-0.2, 0) is 11.2 Å². The minimum atomic E-state index is -0.602. The quantitative estimate of drug-likeness (QED) is 0.881. The lowest BCUT2D eigenvalue weighted by Gasteiger charge is -2.34. The number of rotatable bonds is 3. The van der Waals surface area contributed by atoms with Gasteiger partial charge in [-0.05, 0) is 74.8 Å². The van der Waals surface area contributed by atoms with Crippen LogP contribution in [0.4, 0.5) is 0 Å². The Morgan fingerprint density at radius 2 is 1.55 bits per heavy atom. The standard InChI is InChI=1S/C18H26O2/c1-12-10-13(2)15(4)16(14(12)3)11-18(17(19)20)8-6-5-7-9-18/h10H,5-9,11H2,1-4H3,(H,19,20). The third-order valence-electron chi connectivity index (χ3n) is 5.30. The summed E-state index contributed by atoms with van der Waals surface area (Å²) in [7, 11) is 0. The average Bonchev–Trinajstić information content (AvgIpc) is 2.42. The zero-order valence-electron chi connectivity index (χ0n) is 13.2. The predicted molar refractivity (Wildman–Crippen MR) is 82.2 cm³/mol. The SMILES string of the molecule is Cc1cc(C)c(C)c(CC2(C(=O)O)CCCCC2)c1C. The van der Waals surface area contributed by atoms with Gasteiger partial charge in [-0.1, -0.05) is 25.3 Å². The number of aryl methyl sites for hydroxylation is 2. The van der Waals surface area contributed by atoms with Crippen LogP contribution < -0.4 is 0 Å². The van der Waals surface area contributed by atoms with Gasteiger partial charge >= 0.3 is 5.97 Å². The molecule has 1 saturated carbocycles. The average molecular weight is 274 g/mol. The number of carboxylic acid groups (broad SMARTS) is 1. The van der Waals surface area contributed by atoms with E-state index in [4.69, 9.17) is 0 Å². The summed E-state index contributed by atoms with van der Waals surface area (Å²) in [6.45, 7) is 8.52. The molecule has 0 bridgehead atoms. The van der Waals surface area contributed by atoms with Crippen molar-refractivity contribution in [3.8, 4) is 0 Å². The molecule has 1 N–H and O–H groups in total. The Morgan fingerprint density at radius 1 is 1.05 bits per heavy atom. The van der Waals surface area contributed by atoms with Gasteiger partial charge < -0.3 is 5.11 Å². The molecule has 0 spiro atoms. The number of aliphatic carboxylic acids is 1. The molecule has 1 fully saturated rings. The highest BCUT2D eigenvalue weighted by molar-refractivity contribution is 5.75. The van der Waals surface area contributed by atoms with E-state index >= 15 is 0 Å². The topological polar surface area (TPSA) is 37.3 Å². The summed E-state index contributed by atoms with van der Waals surface area (Å²) in [5.41, 5.74) is 5.85. The van der Waals surface area contributed by atoms with Crippen molar-refractivity contribution in [1.29, 1.82) is 0 Å². The van der Waals surface area contributed by atoms with Gasteiger partial charge in [-0.25, -0.2) is 0 Å². The largest absolute Gasteiger partial charge is 0.481 e. The van der Waals surface area contributed by atoms with Crippen molar-refractivity contribution in [3.05, 3.63) is 33.9 Å². The van der Waals surface area contributed by atoms with Gasteiger partial charge in [0.2, 0.25) is 0 Å². The zero-order valence-corrected chi connectivity index (χ0v) is 13.2. The van der Waals surface area contributed by atoms with Crippen LogP contribution in [0.3, 0.4) is 0 Å². The summed E-state index contributed by atoms with van der Waals surface area (Å²) in [5.74, 6) is -0.602. The maximum atomic E-state index is 11.9. The van der Waals surface area contributed by atoms with Crippen molar-refractivity contribution >= 4 is 5.97 Å². The van der Waals surface area contributed by atoms with Gasteiger partial charge in [0.1, 0.15) is 0 Å². The van der Waals surface area contributed by atoms with E-state index in [0.717, 1.165) is 25.7 Å². The highest BCUT2D eigenvalue weighted by atomic mass is 16.4. The number of hydrogen-bond acceptors (Lipinski definition) is 1. The number of benzene rings is 1. The zero-order chi connectivity index (χ0) is 14.9. The Hall–Kier alpha value is -1.31. The molecule has 1 aromatic carbocycles. The number of carbonyl (C=O) groups is 1. The van der Waals surface area contributed by atoms with Crippen LogP contribution in [-0.4, -0.2) is 11.1 Å². The molecule has 0 aliphatic heterocycles. The lowest BCUT2D eigenvalue weighted by atomic mass is 9.69. The first-order valence-electron chi connectivity index (χ1n) is 7.67. The van der Waals surface area contributed by atoms with E-state index in [9.17, 15) is 9.90 Å². The molecule has 2 nitrogen and oxygen atoms in total. The van der Waals surface area contributed by atoms with Crippen molar-refractivity contribution in [2.75, 3.05) is 0 Å². The van der Waals surface area contributed by atoms with Crippen molar-refractivity contribution in [3.63, 3.8) is 0 Å². The van der Waals surface area contributed by atoms with E-state index in [-0.39, 0.29) is 0 Å². The maximum Gasteiger partial charge on any atom is 0.309 e. The molecule has 0 aromatic heterocycles. The van der Waals surface area contributed by atoms with E-state index < -0.39 is 11.4 Å². The van der Waals surface area contributed by atoms with E-state index in [0.29, 0.717) is 6.42 Å². The summed E-state index contributed by atoms with van der Waals surface area (Å²) in [6.07, 6.45) is 5.63. The van der Waals surface area contributed by atoms with Gasteiger partial charge in [0, 0.05) is 0 Å². The first kappa shape index (κ1) is 15.1. The molecule has 0 atom stereocenters. The van der Waals surface area contributed by atoms with Gasteiger partial charge in [0.15, 0.2) is 0 Å². The van der Waals surface area contributed by atoms with Crippen molar-refractivity contribution in [1.82, 2.24) is 0 Å². The van der Waals surface area contributed by atoms with Gasteiger partial charge in [-0.15, -0.1) is 0 Å². The molecule has 0 saturated heterocycles. The minimum Gasteiger partial charge on any atom is -0.481 e. The Balaban J connectivity index is 2.44. The van der Waals surface area contributed by atoms with Crippen molar-refractivity contribution in [2.45, 2.75) is 66.2 Å². The minimum absolute atomic E-state index is 0.534. The van der Waals surface area contributed by atoms with Crippen LogP contribution in [0, 0.1) is 33.1 Å². The van der Waals surface area contributed by atoms with Gasteiger partial charge in [-0.2, -0.15) is 0 Å². The summed E-state index contributed by atoms with van der Waals surface area (Å²) in [5, 5.41) is 9.77. The highest BCUT2D eigenvalue weighted by Crippen LogP contribution is 2.41. The number of hydrogen-bond donors (Lipinski definition) is 1. The molecule has 2 rings (SSSR count). The molecule has 1 aliphatic rings. The van der Waals surface area contributed by atoms with Crippen LogP contribution in [0.5, 0.6) is 0 Å². The Kier molecular flexibility index (Phi) is 4.22. The summed E-state index contributed by atoms with van der Waals surface area (Å²) >= 11 is 0. The smallest absolute Gasteiger partial charge is 0.309 e. The normalized spacial score (nSPS) is 18.0. The molecular formula is C18H26O2. The lowest BCUT2D eigenvalue weighted by molar-refractivity contribution is -0.151. The summed E-state index contributed by atoms with van der Waals surface area (Å²) < 4.78 is 0. The molecule has 20 heavy (non-hydrogen) atoms. The molecule has 1 aromatic rings. The Bertz CT molecular complexity index is 496. The maximum absolute atomic E-state index is 11.9. The Morgan fingerprint density at radius 3 is 2.00 bits per heavy atom. The molecule has 1 aliphatic carbocycles. The molecule has 0 unspecified atom stereocenters. The van der Waals surface area contributed by atoms with Crippen LogP contribution in [0.15, 0.2) is 6.07 Å². The molecule has 110 valence electrons. The fourth-order valence-electron chi connectivity index (χ4n) is 3.60. The van der Waals surface area contributed by atoms with Crippen LogP contribution in [0.25, 0.3) is 0 Å². The van der Waals surface area contributed by atoms with E-state index in [2.05, 4.69) is 33.8 Å². The third kappa shape index (κ3) is 2.61. The molecule has 0 amide bonds. The second-order valence-electron chi connectivity index (χ2n) is 6.56. The first-order chi connectivity index (χ1) is 9.37. The van der Waals surface area contributed by atoms with Crippen LogP contribution in [0.1, 0.15) is 59.9 Å². The van der Waals surface area contributed by atoms with Gasteiger partial charge in [0.25, 0.3) is 0 Å². The predicted octanol–water partition coefficient (Wildman–Crippen LogP) is 4.50. The van der Waals surface area contributed by atoms with Gasteiger partial charge in [0.05, 0.1) is 5.41 Å². The van der Waals surface area contributed by atoms with E-state index in [1.165, 1.54) is 34.2 Å². The first-order valence-corrected chi connectivity index (χ1v) is 7.67. The Labute approximate surface area is 122 Å². The highest BCUT2D eigenvalue weighted by Gasteiger charge is 2.40. The van der Waals surface area contributed by atoms with Crippen molar-refractivity contribution in [2.24, 2.45) is 5.41 Å². The van der Waals surface area contributed by atoms with Crippen LogP contribution >= 0.6 is 0 Å². The number of carboxylic acids is 1. The second kappa shape index (κ2) is 5.59. The van der Waals surface area contributed by atoms with E-state index in [1.54, 1.807) is 0 Å². The van der Waals surface area contributed by atoms with E-state index in [1.807, 2.05) is 0 Å². The van der Waals surface area contributed by atoms with Crippen LogP contribution in [0.2, 0.25) is 0 Å². The fourth-order valence-corrected chi connectivity index (χ4v) is 3.60. The van der Waals surface area contributed by atoms with Gasteiger partial charge in [-0.3, -0.25) is 4.79 Å². The third-order valence-corrected chi connectivity index (χ3v) is 5.30. The molecular weight excluding hydrogens is 248 g/mol. The lowest BCUT2D eigenvalue weighted by Crippen LogP contribution is -2.36. The summed E-state index contributed by atoms with van der Waals surface area (Å²) in [6, 6.07) is 2.21. The molecule has 0 heterocycles.